The summed E-state index contributed by atoms with van der Waals surface area (Å²) in [4.78, 5) is 23.5. The number of aryl methyl sites for hydroxylation is 2. The molecule has 0 spiro atoms. The van der Waals surface area contributed by atoms with Gasteiger partial charge in [0.15, 0.2) is 0 Å². The molecule has 0 bridgehead atoms. The molecule has 4 aromatic carbocycles. The number of methoxy groups -OCH3 is 2. The Bertz CT molecular complexity index is 2660. The van der Waals surface area contributed by atoms with Crippen molar-refractivity contribution >= 4 is 66.3 Å². The van der Waals surface area contributed by atoms with E-state index in [9.17, 15) is 16.8 Å². The fraction of sp³-hybridized carbons (Fsp3) is 0.143. The van der Waals surface area contributed by atoms with Gasteiger partial charge in [0, 0.05) is 135 Å². The Morgan fingerprint density at radius 2 is 1.02 bits per heavy atom. The van der Waals surface area contributed by atoms with Gasteiger partial charge in [0.1, 0.15) is 23.4 Å². The summed E-state index contributed by atoms with van der Waals surface area (Å²) in [6, 6.07) is 21.1. The van der Waals surface area contributed by atoms with E-state index in [-0.39, 0.29) is 119 Å². The van der Waals surface area contributed by atoms with Gasteiger partial charge in [-0.15, -0.1) is 0 Å². The van der Waals surface area contributed by atoms with Gasteiger partial charge in [-0.1, -0.05) is 26.0 Å². The Morgan fingerprint density at radius 1 is 0.600 bits per heavy atom. The first-order valence-corrected chi connectivity index (χ1v) is 19.2. The molecule has 0 saturated carbocycles. The van der Waals surface area contributed by atoms with Gasteiger partial charge < -0.3 is 50.0 Å². The third kappa shape index (κ3) is 16.0. The summed E-state index contributed by atoms with van der Waals surface area (Å²) >= 11 is 0. The summed E-state index contributed by atoms with van der Waals surface area (Å²) < 4.78 is 73.7. The van der Waals surface area contributed by atoms with Gasteiger partial charge in [0.05, 0.1) is 58.1 Å². The van der Waals surface area contributed by atoms with Crippen LogP contribution in [0.2, 0.25) is 0 Å². The largest absolute Gasteiger partial charge is 0.495 e. The minimum Gasteiger partial charge on any atom is -0.495 e. The van der Waals surface area contributed by atoms with Crippen molar-refractivity contribution in [2.75, 3.05) is 24.9 Å². The van der Waals surface area contributed by atoms with Crippen LogP contribution in [0, 0.1) is 19.6 Å². The van der Waals surface area contributed by atoms with Gasteiger partial charge in [0.2, 0.25) is 0 Å². The van der Waals surface area contributed by atoms with Gasteiger partial charge in [0.25, 0.3) is 20.2 Å². The summed E-state index contributed by atoms with van der Waals surface area (Å²) in [7, 11) is -5.60. The smallest absolute Gasteiger partial charge is 0.294 e. The molecule has 0 aliphatic carbocycles. The molecule has 0 atom stereocenters. The zero-order valence-corrected chi connectivity index (χ0v) is 42.3. The van der Waals surface area contributed by atoms with E-state index in [0.717, 1.165) is 0 Å². The SMILES string of the molecule is CCc1n[c-]nc(Nc2ccc(N=Nc3cccc(S(=O)(=O)O)c3)cc2OC)n1.COc1cc(N=Nc2cccc(S(=O)(=O)O)c2)ccc1Nc1n[c-]nc(C)n1.[Y].[Y].[Y]. The fourth-order valence-corrected chi connectivity index (χ4v) is 5.54. The van der Waals surface area contributed by atoms with Crippen LogP contribution in [-0.4, -0.2) is 70.1 Å². The van der Waals surface area contributed by atoms with Crippen LogP contribution in [0.3, 0.4) is 0 Å². The third-order valence-electron chi connectivity index (χ3n) is 7.18. The molecular formula is C35H32N12O8S2Y3-2. The predicted molar refractivity (Wildman–Crippen MR) is 205 cm³/mol. The summed E-state index contributed by atoms with van der Waals surface area (Å²) in [6.07, 6.45) is 5.69. The average Bonchev–Trinajstić information content (AvgIpc) is 3.20. The number of nitrogens with zero attached hydrogens (tertiary/aromatic N) is 10. The summed E-state index contributed by atoms with van der Waals surface area (Å²) in [5.74, 6) is 2.74. The molecule has 20 nitrogen and oxygen atoms in total. The Morgan fingerprint density at radius 3 is 1.42 bits per heavy atom. The van der Waals surface area contributed by atoms with E-state index in [1.54, 1.807) is 55.5 Å². The van der Waals surface area contributed by atoms with Crippen molar-refractivity contribution in [3.8, 4) is 11.5 Å². The molecule has 0 aliphatic heterocycles. The first kappa shape index (κ1) is 52.6. The molecule has 0 fully saturated rings. The van der Waals surface area contributed by atoms with Crippen LogP contribution in [0.25, 0.3) is 0 Å². The van der Waals surface area contributed by atoms with Gasteiger partial charge in [-0.25, -0.2) is 0 Å². The van der Waals surface area contributed by atoms with E-state index in [1.165, 1.54) is 50.6 Å². The van der Waals surface area contributed by atoms with Crippen molar-refractivity contribution in [1.82, 2.24) is 29.9 Å². The quantitative estimate of drug-likeness (QED) is 0.0513. The zero-order valence-electron chi connectivity index (χ0n) is 32.2. The van der Waals surface area contributed by atoms with Crippen LogP contribution in [0.4, 0.5) is 46.0 Å². The minimum atomic E-state index is -4.31. The van der Waals surface area contributed by atoms with Gasteiger partial charge in [-0.05, 0) is 67.1 Å². The molecule has 3 radical (unpaired) electrons. The standard InChI is InChI=1S/C18H17N6O4S.C17H15N6O4S.3Y/c1-3-17-19-11-20-18(22-17)21-15-8-7-13(10-16(15)28-2)24-23-12-5-4-6-14(9-12)29(25,26)27;1-11-18-10-19-17(20-11)21-15-7-6-13(9-16(15)27-2)23-22-12-4-3-5-14(8-12)28(24,25)26;;;/h4-10H,3H2,1-2H3,(H,25,26,27)(H,19,20,21,22);3-9H,1-2H3,(H,24,25,26)(H,18,19,20,21);;;/q2*-1;;;. The zero-order chi connectivity index (χ0) is 41.0. The molecule has 0 amide bonds. The van der Waals surface area contributed by atoms with Crippen LogP contribution in [0.5, 0.6) is 11.5 Å². The van der Waals surface area contributed by atoms with Gasteiger partial charge in [-0.3, -0.25) is 9.11 Å². The van der Waals surface area contributed by atoms with E-state index in [4.69, 9.17) is 18.6 Å². The van der Waals surface area contributed by atoms with Crippen LogP contribution in [0.15, 0.2) is 115 Å². The van der Waals surface area contributed by atoms with Crippen molar-refractivity contribution in [3.63, 3.8) is 0 Å². The first-order chi connectivity index (χ1) is 27.2. The number of aromatic nitrogens is 6. The number of hydrogen-bond donors (Lipinski definition) is 4. The number of anilines is 4. The summed E-state index contributed by atoms with van der Waals surface area (Å²) in [6.45, 7) is 3.65. The van der Waals surface area contributed by atoms with Crippen LogP contribution in [0.1, 0.15) is 18.6 Å². The Balaban J connectivity index is 0.000000394. The Kier molecular flexibility index (Phi) is 21.7. The summed E-state index contributed by atoms with van der Waals surface area (Å²) in [5.41, 5.74) is 2.70. The molecular weight excluding hydrogens is 1050 g/mol. The van der Waals surface area contributed by atoms with Crippen LogP contribution < -0.4 is 20.1 Å². The van der Waals surface area contributed by atoms with Crippen molar-refractivity contribution < 1.29 is 134 Å². The Labute approximate surface area is 420 Å². The molecule has 0 unspecified atom stereocenters. The van der Waals surface area contributed by atoms with E-state index >= 15 is 0 Å². The third-order valence-corrected chi connectivity index (χ3v) is 8.88. The number of azo groups is 2. The first-order valence-electron chi connectivity index (χ1n) is 16.3. The number of ether oxygens (including phenoxy) is 2. The van der Waals surface area contributed by atoms with E-state index in [1.807, 2.05) is 6.92 Å². The average molecular weight is 1080 g/mol. The monoisotopic (exact) mass is 1080 g/mol. The van der Waals surface area contributed by atoms with Crippen LogP contribution in [-0.2, 0) is 125 Å². The molecule has 60 heavy (non-hydrogen) atoms. The maximum atomic E-state index is 11.2. The maximum Gasteiger partial charge on any atom is 0.294 e. The molecule has 4 N–H and O–H groups in total. The number of hydrogen-bond acceptors (Lipinski definition) is 18. The van der Waals surface area contributed by atoms with Crippen molar-refractivity contribution in [1.29, 1.82) is 0 Å². The van der Waals surface area contributed by atoms with E-state index in [2.05, 4.69) is 73.6 Å². The normalized spacial score (nSPS) is 11.0. The Hall–Kier alpha value is -3.57. The van der Waals surface area contributed by atoms with Gasteiger partial charge in [-0.2, -0.15) is 37.3 Å². The van der Waals surface area contributed by atoms with E-state index < -0.39 is 20.2 Å². The number of benzene rings is 4. The van der Waals surface area contributed by atoms with Crippen molar-refractivity contribution in [2.24, 2.45) is 20.5 Å². The van der Waals surface area contributed by atoms with Crippen molar-refractivity contribution in [3.05, 3.63) is 109 Å². The van der Waals surface area contributed by atoms with Gasteiger partial charge >= 0.3 is 0 Å². The van der Waals surface area contributed by atoms with Crippen molar-refractivity contribution in [2.45, 2.75) is 30.1 Å². The second-order valence-corrected chi connectivity index (χ2v) is 14.0. The molecule has 6 rings (SSSR count). The number of nitrogens with one attached hydrogen (secondary N) is 2. The molecule has 2 aromatic heterocycles. The summed E-state index contributed by atoms with van der Waals surface area (Å²) in [5, 5.41) is 22.2. The minimum absolute atomic E-state index is 0. The molecule has 6 aromatic rings. The molecule has 0 aliphatic rings. The molecule has 25 heteroatoms. The van der Waals surface area contributed by atoms with Crippen LogP contribution >= 0.6 is 0 Å². The predicted octanol–water partition coefficient (Wildman–Crippen LogP) is 7.04. The maximum absolute atomic E-state index is 11.2. The fourth-order valence-electron chi connectivity index (χ4n) is 4.50. The molecule has 2 heterocycles. The second kappa shape index (κ2) is 24.8. The number of rotatable bonds is 13. The molecule has 303 valence electrons. The topological polar surface area (TPSA) is 278 Å². The molecule has 0 saturated heterocycles. The second-order valence-electron chi connectivity index (χ2n) is 11.2. The van der Waals surface area contributed by atoms with E-state index in [0.29, 0.717) is 64.2 Å².